The SMILES string of the molecule is CCOC(Cc1ccc(OCCOC2c3ccc(C)cc3C=Cc3cc(Cc4ccccc4)ccc32)cc1)C(=O)O. The van der Waals surface area contributed by atoms with Gasteiger partial charge in [0.1, 0.15) is 18.5 Å². The lowest BCUT2D eigenvalue weighted by Gasteiger charge is -2.22. The van der Waals surface area contributed by atoms with Crippen LogP contribution >= 0.6 is 0 Å². The minimum atomic E-state index is -0.955. The van der Waals surface area contributed by atoms with Gasteiger partial charge in [0, 0.05) is 13.0 Å². The molecule has 0 spiro atoms. The fraction of sp³-hybridized carbons (Fsp3) is 0.250. The number of carboxylic acids is 1. The lowest BCUT2D eigenvalue weighted by molar-refractivity contribution is -0.149. The van der Waals surface area contributed by atoms with Crippen LogP contribution < -0.4 is 4.74 Å². The summed E-state index contributed by atoms with van der Waals surface area (Å²) >= 11 is 0. The molecule has 0 saturated heterocycles. The van der Waals surface area contributed by atoms with Crippen LogP contribution in [-0.2, 0) is 27.1 Å². The number of rotatable bonds is 12. The molecular formula is C36H36O5. The van der Waals surface area contributed by atoms with Crippen LogP contribution in [-0.4, -0.2) is 37.0 Å². The average molecular weight is 549 g/mol. The number of aliphatic carboxylic acids is 1. The van der Waals surface area contributed by atoms with E-state index in [-0.39, 0.29) is 6.10 Å². The van der Waals surface area contributed by atoms with Crippen molar-refractivity contribution in [2.75, 3.05) is 19.8 Å². The minimum absolute atomic E-state index is 0.209. The number of carboxylic acid groups (broad SMARTS) is 1. The lowest BCUT2D eigenvalue weighted by Crippen LogP contribution is -2.26. The summed E-state index contributed by atoms with van der Waals surface area (Å²) < 4.78 is 17.8. The highest BCUT2D eigenvalue weighted by molar-refractivity contribution is 5.77. The van der Waals surface area contributed by atoms with Gasteiger partial charge in [0.25, 0.3) is 0 Å². The summed E-state index contributed by atoms with van der Waals surface area (Å²) in [5, 5.41) is 9.33. The first-order valence-corrected chi connectivity index (χ1v) is 14.1. The number of hydrogen-bond donors (Lipinski definition) is 1. The molecule has 0 heterocycles. The summed E-state index contributed by atoms with van der Waals surface area (Å²) in [5.41, 5.74) is 9.28. The van der Waals surface area contributed by atoms with E-state index >= 15 is 0 Å². The maximum Gasteiger partial charge on any atom is 0.333 e. The molecule has 0 bridgehead atoms. The number of carbonyl (C=O) groups is 1. The Morgan fingerprint density at radius 1 is 0.805 bits per heavy atom. The second-order valence-corrected chi connectivity index (χ2v) is 10.3. The Kier molecular flexibility index (Phi) is 9.29. The molecule has 0 amide bonds. The highest BCUT2D eigenvalue weighted by Crippen LogP contribution is 2.36. The molecule has 0 aromatic heterocycles. The van der Waals surface area contributed by atoms with Gasteiger partial charge in [-0.15, -0.1) is 0 Å². The Labute approximate surface area is 242 Å². The third kappa shape index (κ3) is 7.31. The Bertz CT molecular complexity index is 1490. The summed E-state index contributed by atoms with van der Waals surface area (Å²) in [5.74, 6) is -0.242. The van der Waals surface area contributed by atoms with E-state index in [1.165, 1.54) is 27.8 Å². The fourth-order valence-electron chi connectivity index (χ4n) is 5.23. The Hall–Kier alpha value is -4.19. The topological polar surface area (TPSA) is 65.0 Å². The van der Waals surface area contributed by atoms with Crippen molar-refractivity contribution in [1.29, 1.82) is 0 Å². The van der Waals surface area contributed by atoms with Crippen LogP contribution in [0.5, 0.6) is 5.75 Å². The van der Waals surface area contributed by atoms with Crippen molar-refractivity contribution in [1.82, 2.24) is 0 Å². The number of hydrogen-bond acceptors (Lipinski definition) is 4. The highest BCUT2D eigenvalue weighted by atomic mass is 16.5. The fourth-order valence-corrected chi connectivity index (χ4v) is 5.23. The van der Waals surface area contributed by atoms with Gasteiger partial charge in [0.2, 0.25) is 0 Å². The molecule has 2 atom stereocenters. The number of fused-ring (bicyclic) bond motifs is 2. The van der Waals surface area contributed by atoms with E-state index in [1.54, 1.807) is 6.92 Å². The first-order chi connectivity index (χ1) is 20.0. The zero-order valence-corrected chi connectivity index (χ0v) is 23.6. The largest absolute Gasteiger partial charge is 0.491 e. The Balaban J connectivity index is 1.26. The average Bonchev–Trinajstić information content (AvgIpc) is 3.12. The Morgan fingerprint density at radius 3 is 2.20 bits per heavy atom. The first kappa shape index (κ1) is 28.3. The molecule has 1 N–H and O–H groups in total. The third-order valence-corrected chi connectivity index (χ3v) is 7.28. The maximum absolute atomic E-state index is 11.4. The van der Waals surface area contributed by atoms with Crippen LogP contribution in [0.3, 0.4) is 0 Å². The second kappa shape index (κ2) is 13.4. The number of aryl methyl sites for hydroxylation is 1. The molecule has 1 aliphatic carbocycles. The molecule has 0 saturated carbocycles. The molecule has 41 heavy (non-hydrogen) atoms. The number of ether oxygens (including phenoxy) is 3. The van der Waals surface area contributed by atoms with Gasteiger partial charge >= 0.3 is 5.97 Å². The van der Waals surface area contributed by atoms with Crippen molar-refractivity contribution in [3.05, 3.63) is 136 Å². The zero-order valence-electron chi connectivity index (χ0n) is 23.6. The van der Waals surface area contributed by atoms with E-state index in [4.69, 9.17) is 14.2 Å². The van der Waals surface area contributed by atoms with Gasteiger partial charge in [-0.05, 0) is 71.3 Å². The van der Waals surface area contributed by atoms with Gasteiger partial charge < -0.3 is 19.3 Å². The van der Waals surface area contributed by atoms with E-state index < -0.39 is 12.1 Å². The van der Waals surface area contributed by atoms with Crippen molar-refractivity contribution in [3.63, 3.8) is 0 Å². The number of benzene rings is 4. The van der Waals surface area contributed by atoms with Gasteiger partial charge in [-0.3, -0.25) is 0 Å². The van der Waals surface area contributed by atoms with E-state index in [1.807, 2.05) is 30.3 Å². The maximum atomic E-state index is 11.4. The molecule has 2 unspecified atom stereocenters. The van der Waals surface area contributed by atoms with E-state index in [0.717, 1.165) is 23.1 Å². The molecule has 0 aliphatic heterocycles. The molecule has 5 heteroatoms. The van der Waals surface area contributed by atoms with Gasteiger partial charge in [-0.2, -0.15) is 0 Å². The molecular weight excluding hydrogens is 512 g/mol. The molecule has 210 valence electrons. The summed E-state index contributed by atoms with van der Waals surface area (Å²) in [6.07, 6.45) is 4.53. The van der Waals surface area contributed by atoms with Gasteiger partial charge in [0.15, 0.2) is 6.10 Å². The molecule has 4 aromatic rings. The molecule has 5 nitrogen and oxygen atoms in total. The smallest absolute Gasteiger partial charge is 0.333 e. The predicted octanol–water partition coefficient (Wildman–Crippen LogP) is 7.29. The third-order valence-electron chi connectivity index (χ3n) is 7.28. The minimum Gasteiger partial charge on any atom is -0.491 e. The van der Waals surface area contributed by atoms with E-state index in [2.05, 4.69) is 79.7 Å². The van der Waals surface area contributed by atoms with Crippen LogP contribution in [0, 0.1) is 6.92 Å². The van der Waals surface area contributed by atoms with Crippen molar-refractivity contribution in [3.8, 4) is 5.75 Å². The second-order valence-electron chi connectivity index (χ2n) is 10.3. The standard InChI is InChI=1S/C36H36O5/c1-3-39-34(36(37)38)24-27-10-15-31(16-11-27)40-19-20-41-35-32-17-9-25(2)21-29(32)13-14-30-23-28(12-18-33(30)35)22-26-7-5-4-6-8-26/h4-18,21,23,34-35H,3,19-20,22,24H2,1-2H3,(H,37,38). The highest BCUT2D eigenvalue weighted by Gasteiger charge is 2.23. The van der Waals surface area contributed by atoms with Crippen molar-refractivity contribution >= 4 is 18.1 Å². The van der Waals surface area contributed by atoms with Gasteiger partial charge in [-0.1, -0.05) is 96.6 Å². The monoisotopic (exact) mass is 548 g/mol. The summed E-state index contributed by atoms with van der Waals surface area (Å²) in [6, 6.07) is 31.2. The molecule has 1 aliphatic rings. The zero-order chi connectivity index (χ0) is 28.6. The van der Waals surface area contributed by atoms with Crippen molar-refractivity contribution in [2.45, 2.75) is 38.9 Å². The summed E-state index contributed by atoms with van der Waals surface area (Å²) in [7, 11) is 0. The van der Waals surface area contributed by atoms with Crippen LogP contribution in [0.1, 0.15) is 57.5 Å². The van der Waals surface area contributed by atoms with Crippen LogP contribution in [0.15, 0.2) is 91.0 Å². The van der Waals surface area contributed by atoms with E-state index in [0.29, 0.717) is 32.0 Å². The van der Waals surface area contributed by atoms with Crippen LogP contribution in [0.2, 0.25) is 0 Å². The molecule has 0 radical (unpaired) electrons. The quantitative estimate of drug-likeness (QED) is 0.188. The van der Waals surface area contributed by atoms with Crippen molar-refractivity contribution in [2.24, 2.45) is 0 Å². The van der Waals surface area contributed by atoms with Crippen LogP contribution in [0.4, 0.5) is 0 Å². The summed E-state index contributed by atoms with van der Waals surface area (Å²) in [6.45, 7) is 5.07. The lowest BCUT2D eigenvalue weighted by atomic mass is 9.93. The van der Waals surface area contributed by atoms with Crippen molar-refractivity contribution < 1.29 is 24.1 Å². The van der Waals surface area contributed by atoms with Gasteiger partial charge in [-0.25, -0.2) is 4.79 Å². The van der Waals surface area contributed by atoms with Crippen LogP contribution in [0.25, 0.3) is 12.2 Å². The first-order valence-electron chi connectivity index (χ1n) is 14.1. The van der Waals surface area contributed by atoms with Gasteiger partial charge in [0.05, 0.1) is 6.61 Å². The predicted molar refractivity (Wildman–Crippen MR) is 162 cm³/mol. The molecule has 5 rings (SSSR count). The van der Waals surface area contributed by atoms with E-state index in [9.17, 15) is 9.90 Å². The molecule has 4 aromatic carbocycles. The normalized spacial score (nSPS) is 14.5. The molecule has 0 fully saturated rings. The Morgan fingerprint density at radius 2 is 1.49 bits per heavy atom. The summed E-state index contributed by atoms with van der Waals surface area (Å²) in [4.78, 5) is 11.4.